The predicted molar refractivity (Wildman–Crippen MR) is 95.6 cm³/mol. The average molecular weight is 302 g/mol. The van der Waals surface area contributed by atoms with Crippen molar-refractivity contribution in [2.75, 3.05) is 19.0 Å². The van der Waals surface area contributed by atoms with Gasteiger partial charge in [-0.15, -0.1) is 0 Å². The highest BCUT2D eigenvalue weighted by Gasteiger charge is 2.21. The summed E-state index contributed by atoms with van der Waals surface area (Å²) in [6.07, 6.45) is 4.15. The molecule has 0 atom stereocenters. The number of aromatic nitrogens is 1. The number of hydrogen-bond acceptors (Lipinski definition) is 2. The molecule has 3 heteroatoms. The van der Waals surface area contributed by atoms with E-state index in [1.807, 2.05) is 30.5 Å². The number of methoxy groups -OCH3 is 1. The van der Waals surface area contributed by atoms with Crippen LogP contribution in [0.1, 0.15) is 11.3 Å². The van der Waals surface area contributed by atoms with Gasteiger partial charge in [-0.05, 0) is 41.5 Å². The number of anilines is 1. The van der Waals surface area contributed by atoms with Crippen LogP contribution in [0.3, 0.4) is 0 Å². The third kappa shape index (κ3) is 2.40. The molecular formula is C20H18N2O. The predicted octanol–water partition coefficient (Wildman–Crippen LogP) is 4.66. The minimum Gasteiger partial charge on any atom is -0.496 e. The van der Waals surface area contributed by atoms with Gasteiger partial charge < -0.3 is 15.0 Å². The van der Waals surface area contributed by atoms with Gasteiger partial charge in [0.05, 0.1) is 7.11 Å². The van der Waals surface area contributed by atoms with E-state index in [0.29, 0.717) is 0 Å². The highest BCUT2D eigenvalue weighted by Crippen LogP contribution is 2.42. The number of rotatable bonds is 3. The fourth-order valence-electron chi connectivity index (χ4n) is 3.16. The minimum atomic E-state index is 0.834. The van der Waals surface area contributed by atoms with Crippen molar-refractivity contribution < 1.29 is 4.74 Å². The molecule has 114 valence electrons. The molecule has 1 aliphatic rings. The molecular weight excluding hydrogens is 284 g/mol. The Hall–Kier alpha value is -2.94. The molecule has 0 bridgehead atoms. The quantitative estimate of drug-likeness (QED) is 0.738. The number of aromatic amines is 1. The van der Waals surface area contributed by atoms with Gasteiger partial charge in [-0.2, -0.15) is 0 Å². The zero-order valence-electron chi connectivity index (χ0n) is 13.0. The summed E-state index contributed by atoms with van der Waals surface area (Å²) in [6, 6.07) is 18.6. The van der Waals surface area contributed by atoms with E-state index in [4.69, 9.17) is 4.74 Å². The van der Waals surface area contributed by atoms with E-state index in [1.54, 1.807) is 7.11 Å². The SMILES string of the molecule is COc1ccccc1-c1cccc2c1/C(=C/c1ccc[nH]1)CN2. The van der Waals surface area contributed by atoms with E-state index in [0.717, 1.165) is 23.6 Å². The highest BCUT2D eigenvalue weighted by molar-refractivity contribution is 5.99. The summed E-state index contributed by atoms with van der Waals surface area (Å²) in [7, 11) is 1.72. The molecule has 23 heavy (non-hydrogen) atoms. The van der Waals surface area contributed by atoms with E-state index >= 15 is 0 Å². The lowest BCUT2D eigenvalue weighted by Crippen LogP contribution is -1.91. The van der Waals surface area contributed by atoms with Crippen molar-refractivity contribution in [1.29, 1.82) is 0 Å². The fourth-order valence-corrected chi connectivity index (χ4v) is 3.16. The van der Waals surface area contributed by atoms with Crippen LogP contribution in [-0.4, -0.2) is 18.6 Å². The molecule has 3 nitrogen and oxygen atoms in total. The van der Waals surface area contributed by atoms with E-state index in [9.17, 15) is 0 Å². The first-order chi connectivity index (χ1) is 11.4. The normalized spacial score (nSPS) is 14.6. The van der Waals surface area contributed by atoms with Crippen molar-refractivity contribution in [1.82, 2.24) is 4.98 Å². The van der Waals surface area contributed by atoms with Gasteiger partial charge in [0.2, 0.25) is 0 Å². The summed E-state index contributed by atoms with van der Waals surface area (Å²) < 4.78 is 5.55. The minimum absolute atomic E-state index is 0.834. The van der Waals surface area contributed by atoms with Crippen LogP contribution in [-0.2, 0) is 0 Å². The highest BCUT2D eigenvalue weighted by atomic mass is 16.5. The van der Waals surface area contributed by atoms with Gasteiger partial charge in [-0.1, -0.05) is 30.3 Å². The summed E-state index contributed by atoms with van der Waals surface area (Å²) in [5, 5.41) is 3.49. The second-order valence-corrected chi connectivity index (χ2v) is 5.58. The Kier molecular flexibility index (Phi) is 3.39. The molecule has 2 aromatic carbocycles. The van der Waals surface area contributed by atoms with Crippen molar-refractivity contribution in [2.45, 2.75) is 0 Å². The second kappa shape index (κ2) is 5.69. The van der Waals surface area contributed by atoms with Gasteiger partial charge in [0.15, 0.2) is 0 Å². The number of ether oxygens (including phenoxy) is 1. The standard InChI is InChI=1S/C20H18N2O/c1-23-19-10-3-2-7-16(19)17-8-4-9-18-20(17)14(13-22-18)12-15-6-5-11-21-15/h2-12,21-22H,13H2,1H3/b14-12+. The molecule has 0 saturated carbocycles. The number of H-pyrrole nitrogens is 1. The lowest BCUT2D eigenvalue weighted by Gasteiger charge is -2.13. The number of fused-ring (bicyclic) bond motifs is 1. The fraction of sp³-hybridized carbons (Fsp3) is 0.100. The Bertz CT molecular complexity index is 863. The molecule has 0 saturated heterocycles. The Morgan fingerprint density at radius 1 is 0.957 bits per heavy atom. The van der Waals surface area contributed by atoms with Crippen LogP contribution in [0.4, 0.5) is 5.69 Å². The molecule has 1 aliphatic heterocycles. The zero-order valence-corrected chi connectivity index (χ0v) is 13.0. The molecule has 2 heterocycles. The molecule has 0 aliphatic carbocycles. The van der Waals surface area contributed by atoms with Crippen molar-refractivity contribution in [2.24, 2.45) is 0 Å². The molecule has 4 rings (SSSR count). The maximum atomic E-state index is 5.55. The van der Waals surface area contributed by atoms with Crippen molar-refractivity contribution in [3.63, 3.8) is 0 Å². The first-order valence-corrected chi connectivity index (χ1v) is 7.71. The maximum absolute atomic E-state index is 5.55. The third-order valence-corrected chi connectivity index (χ3v) is 4.20. The summed E-state index contributed by atoms with van der Waals surface area (Å²) in [4.78, 5) is 3.25. The van der Waals surface area contributed by atoms with E-state index in [-0.39, 0.29) is 0 Å². The molecule has 0 spiro atoms. The Labute approximate surface area is 135 Å². The third-order valence-electron chi connectivity index (χ3n) is 4.20. The van der Waals surface area contributed by atoms with Crippen molar-refractivity contribution in [3.8, 4) is 16.9 Å². The molecule has 0 radical (unpaired) electrons. The van der Waals surface area contributed by atoms with Crippen LogP contribution < -0.4 is 10.1 Å². The van der Waals surface area contributed by atoms with E-state index in [1.165, 1.54) is 22.4 Å². The Morgan fingerprint density at radius 3 is 2.65 bits per heavy atom. The Balaban J connectivity index is 1.90. The summed E-state index contributed by atoms with van der Waals surface area (Å²) in [5.41, 5.74) is 7.14. The number of hydrogen-bond donors (Lipinski definition) is 2. The lowest BCUT2D eigenvalue weighted by atomic mass is 9.94. The van der Waals surface area contributed by atoms with Crippen LogP contribution in [0, 0.1) is 0 Å². The lowest BCUT2D eigenvalue weighted by molar-refractivity contribution is 0.416. The van der Waals surface area contributed by atoms with Gasteiger partial charge in [0, 0.05) is 35.2 Å². The van der Waals surface area contributed by atoms with Crippen LogP contribution in [0.5, 0.6) is 5.75 Å². The topological polar surface area (TPSA) is 37.0 Å². The summed E-state index contributed by atoms with van der Waals surface area (Å²) >= 11 is 0. The molecule has 0 amide bonds. The largest absolute Gasteiger partial charge is 0.496 e. The first-order valence-electron chi connectivity index (χ1n) is 7.71. The monoisotopic (exact) mass is 302 g/mol. The summed E-state index contributed by atoms with van der Waals surface area (Å²) in [6.45, 7) is 0.834. The Morgan fingerprint density at radius 2 is 1.83 bits per heavy atom. The van der Waals surface area contributed by atoms with Gasteiger partial charge in [0.1, 0.15) is 5.75 Å². The number of nitrogens with one attached hydrogen (secondary N) is 2. The second-order valence-electron chi connectivity index (χ2n) is 5.58. The van der Waals surface area contributed by atoms with Crippen molar-refractivity contribution in [3.05, 3.63) is 72.1 Å². The number of benzene rings is 2. The van der Waals surface area contributed by atoms with E-state index < -0.39 is 0 Å². The molecule has 0 unspecified atom stereocenters. The number of para-hydroxylation sites is 1. The van der Waals surface area contributed by atoms with Crippen LogP contribution in [0.2, 0.25) is 0 Å². The first kappa shape index (κ1) is 13.7. The van der Waals surface area contributed by atoms with Crippen molar-refractivity contribution >= 4 is 17.3 Å². The van der Waals surface area contributed by atoms with Crippen LogP contribution in [0.25, 0.3) is 22.8 Å². The van der Waals surface area contributed by atoms with Gasteiger partial charge in [0.25, 0.3) is 0 Å². The molecule has 3 aromatic rings. The van der Waals surface area contributed by atoms with Gasteiger partial charge >= 0.3 is 0 Å². The zero-order chi connectivity index (χ0) is 15.6. The van der Waals surface area contributed by atoms with Gasteiger partial charge in [-0.25, -0.2) is 0 Å². The molecule has 0 fully saturated rings. The molecule has 2 N–H and O–H groups in total. The maximum Gasteiger partial charge on any atom is 0.126 e. The van der Waals surface area contributed by atoms with Crippen LogP contribution >= 0.6 is 0 Å². The smallest absolute Gasteiger partial charge is 0.126 e. The van der Waals surface area contributed by atoms with E-state index in [2.05, 4.69) is 46.7 Å². The summed E-state index contributed by atoms with van der Waals surface area (Å²) in [5.74, 6) is 0.895. The molecule has 1 aromatic heterocycles. The van der Waals surface area contributed by atoms with Crippen LogP contribution in [0.15, 0.2) is 60.8 Å². The average Bonchev–Trinajstić information content (AvgIpc) is 3.25. The van der Waals surface area contributed by atoms with Gasteiger partial charge in [-0.3, -0.25) is 0 Å².